The molecule has 0 aliphatic carbocycles. The third kappa shape index (κ3) is 6.21. The molecule has 5 nitrogen and oxygen atoms in total. The fourth-order valence-corrected chi connectivity index (χ4v) is 2.87. The highest BCUT2D eigenvalue weighted by atomic mass is 16.5. The molecule has 0 aliphatic heterocycles. The number of ether oxygens (including phenoxy) is 1. The monoisotopic (exact) mass is 401 g/mol. The minimum absolute atomic E-state index is 0.126. The number of nitrogens with zero attached hydrogens (tertiary/aromatic N) is 2. The highest BCUT2D eigenvalue weighted by molar-refractivity contribution is 5.91. The van der Waals surface area contributed by atoms with Crippen molar-refractivity contribution < 1.29 is 9.53 Å². The number of hydrogen-bond donors (Lipinski definition) is 1. The van der Waals surface area contributed by atoms with E-state index in [0.717, 1.165) is 34.7 Å². The van der Waals surface area contributed by atoms with Crippen LogP contribution in [-0.2, 0) is 11.3 Å². The number of carbonyl (C=O) groups excluding carboxylic acids is 1. The van der Waals surface area contributed by atoms with E-state index in [4.69, 9.17) is 4.74 Å². The van der Waals surface area contributed by atoms with Gasteiger partial charge in [0, 0.05) is 43.4 Å². The zero-order valence-electron chi connectivity index (χ0n) is 17.4. The van der Waals surface area contributed by atoms with Crippen molar-refractivity contribution in [1.29, 1.82) is 0 Å². The Morgan fingerprint density at radius 2 is 1.67 bits per heavy atom. The quantitative estimate of drug-likeness (QED) is 0.515. The summed E-state index contributed by atoms with van der Waals surface area (Å²) in [4.78, 5) is 18.3. The fraction of sp³-hybridized carbons (Fsp3) is 0.200. The number of aromatic nitrogens is 1. The zero-order chi connectivity index (χ0) is 21.2. The second kappa shape index (κ2) is 10.8. The second-order valence-electron chi connectivity index (χ2n) is 6.90. The van der Waals surface area contributed by atoms with E-state index in [1.54, 1.807) is 24.5 Å². The van der Waals surface area contributed by atoms with Gasteiger partial charge in [-0.15, -0.1) is 0 Å². The topological polar surface area (TPSA) is 54.5 Å². The minimum atomic E-state index is -0.126. The van der Waals surface area contributed by atoms with Crippen molar-refractivity contribution in [2.45, 2.75) is 19.9 Å². The van der Waals surface area contributed by atoms with Gasteiger partial charge in [0.05, 0.1) is 6.61 Å². The van der Waals surface area contributed by atoms with Crippen LogP contribution in [-0.4, -0.2) is 24.5 Å². The smallest absolute Gasteiger partial charge is 0.244 e. The van der Waals surface area contributed by atoms with E-state index in [-0.39, 0.29) is 5.91 Å². The standard InChI is InChI=1S/C25H27N3O2/c1-3-18-30-24-11-6-20(7-12-24)8-13-25(29)27-19-21-4-9-22(10-5-21)28(2)23-14-16-26-17-15-23/h4-17H,3,18-19H2,1-2H3,(H,27,29)/b13-8-. The van der Waals surface area contributed by atoms with Crippen LogP contribution >= 0.6 is 0 Å². The van der Waals surface area contributed by atoms with Gasteiger partial charge in [-0.3, -0.25) is 9.78 Å². The molecule has 3 rings (SSSR count). The van der Waals surface area contributed by atoms with Crippen LogP contribution in [0.2, 0.25) is 0 Å². The summed E-state index contributed by atoms with van der Waals surface area (Å²) >= 11 is 0. The maximum atomic E-state index is 12.1. The molecule has 1 N–H and O–H groups in total. The average Bonchev–Trinajstić information content (AvgIpc) is 2.81. The molecule has 0 atom stereocenters. The fourth-order valence-electron chi connectivity index (χ4n) is 2.87. The van der Waals surface area contributed by atoms with Crippen LogP contribution in [0.15, 0.2) is 79.1 Å². The van der Waals surface area contributed by atoms with E-state index in [0.29, 0.717) is 13.2 Å². The highest BCUT2D eigenvalue weighted by Crippen LogP contribution is 2.22. The first-order valence-electron chi connectivity index (χ1n) is 10.1. The van der Waals surface area contributed by atoms with E-state index in [1.165, 1.54) is 0 Å². The van der Waals surface area contributed by atoms with Gasteiger partial charge in [0.15, 0.2) is 0 Å². The van der Waals surface area contributed by atoms with Crippen LogP contribution in [0, 0.1) is 0 Å². The van der Waals surface area contributed by atoms with Crippen molar-refractivity contribution in [2.24, 2.45) is 0 Å². The largest absolute Gasteiger partial charge is 0.494 e. The van der Waals surface area contributed by atoms with Crippen LogP contribution in [0.4, 0.5) is 11.4 Å². The number of benzene rings is 2. The Balaban J connectivity index is 1.49. The second-order valence-corrected chi connectivity index (χ2v) is 6.90. The van der Waals surface area contributed by atoms with E-state index in [1.807, 2.05) is 67.7 Å². The molecule has 1 heterocycles. The first-order chi connectivity index (χ1) is 14.7. The van der Waals surface area contributed by atoms with Crippen LogP contribution in [0.25, 0.3) is 6.08 Å². The van der Waals surface area contributed by atoms with E-state index in [2.05, 4.69) is 22.1 Å². The molecule has 5 heteroatoms. The summed E-state index contributed by atoms with van der Waals surface area (Å²) in [6, 6.07) is 19.8. The molecule has 0 saturated heterocycles. The Hall–Kier alpha value is -3.60. The normalized spacial score (nSPS) is 10.7. The number of carbonyl (C=O) groups is 1. The van der Waals surface area contributed by atoms with Crippen molar-refractivity contribution in [2.75, 3.05) is 18.6 Å². The summed E-state index contributed by atoms with van der Waals surface area (Å²) < 4.78 is 5.56. The first-order valence-corrected chi connectivity index (χ1v) is 10.1. The molecule has 2 aromatic carbocycles. The van der Waals surface area contributed by atoms with E-state index in [9.17, 15) is 4.79 Å². The lowest BCUT2D eigenvalue weighted by atomic mass is 10.2. The van der Waals surface area contributed by atoms with Gasteiger partial charge in [-0.25, -0.2) is 0 Å². The van der Waals surface area contributed by atoms with Crippen LogP contribution in [0.3, 0.4) is 0 Å². The summed E-state index contributed by atoms with van der Waals surface area (Å²) in [5, 5.41) is 2.92. The molecule has 0 bridgehead atoms. The van der Waals surface area contributed by atoms with Crippen molar-refractivity contribution in [1.82, 2.24) is 10.3 Å². The van der Waals surface area contributed by atoms with Crippen molar-refractivity contribution in [3.05, 3.63) is 90.3 Å². The molecule has 0 unspecified atom stereocenters. The summed E-state index contributed by atoms with van der Waals surface area (Å²) in [6.45, 7) is 3.26. The number of rotatable bonds is 9. The molecule has 3 aromatic rings. The maximum Gasteiger partial charge on any atom is 0.244 e. The number of pyridine rings is 1. The minimum Gasteiger partial charge on any atom is -0.494 e. The molecule has 154 valence electrons. The molecule has 0 saturated carbocycles. The van der Waals surface area contributed by atoms with Crippen molar-refractivity contribution >= 4 is 23.4 Å². The number of anilines is 2. The van der Waals surface area contributed by atoms with Crippen molar-refractivity contribution in [3.8, 4) is 5.75 Å². The van der Waals surface area contributed by atoms with E-state index >= 15 is 0 Å². The number of amides is 1. The molecule has 0 spiro atoms. The van der Waals surface area contributed by atoms with Crippen molar-refractivity contribution in [3.63, 3.8) is 0 Å². The molecule has 0 aliphatic rings. The Morgan fingerprint density at radius 3 is 2.33 bits per heavy atom. The molecule has 1 amide bonds. The maximum absolute atomic E-state index is 12.1. The Bertz CT molecular complexity index is 952. The predicted molar refractivity (Wildman–Crippen MR) is 122 cm³/mol. The molecule has 0 fully saturated rings. The summed E-state index contributed by atoms with van der Waals surface area (Å²) in [5.41, 5.74) is 4.14. The lowest BCUT2D eigenvalue weighted by molar-refractivity contribution is -0.116. The predicted octanol–water partition coefficient (Wildman–Crippen LogP) is 4.97. The molecular formula is C25H27N3O2. The molecule has 30 heavy (non-hydrogen) atoms. The SMILES string of the molecule is CCCOc1ccc(/C=C\C(=O)NCc2ccc(N(C)c3ccncc3)cc2)cc1. The van der Waals surface area contributed by atoms with Gasteiger partial charge in [-0.05, 0) is 60.0 Å². The lowest BCUT2D eigenvalue weighted by Crippen LogP contribution is -2.20. The van der Waals surface area contributed by atoms with Gasteiger partial charge >= 0.3 is 0 Å². The van der Waals surface area contributed by atoms with Gasteiger partial charge in [0.25, 0.3) is 0 Å². The Kier molecular flexibility index (Phi) is 7.61. The van der Waals surface area contributed by atoms with Gasteiger partial charge in [-0.1, -0.05) is 31.2 Å². The van der Waals surface area contributed by atoms with Crippen LogP contribution in [0.5, 0.6) is 5.75 Å². The molecular weight excluding hydrogens is 374 g/mol. The lowest BCUT2D eigenvalue weighted by Gasteiger charge is -2.19. The van der Waals surface area contributed by atoms with Crippen LogP contribution < -0.4 is 15.0 Å². The Labute approximate surface area is 178 Å². The zero-order valence-corrected chi connectivity index (χ0v) is 17.4. The number of hydrogen-bond acceptors (Lipinski definition) is 4. The summed E-state index contributed by atoms with van der Waals surface area (Å²) in [5.74, 6) is 0.718. The third-order valence-corrected chi connectivity index (χ3v) is 4.62. The molecule has 0 radical (unpaired) electrons. The highest BCUT2D eigenvalue weighted by Gasteiger charge is 2.04. The van der Waals surface area contributed by atoms with Gasteiger partial charge in [0.2, 0.25) is 5.91 Å². The molecule has 1 aromatic heterocycles. The van der Waals surface area contributed by atoms with E-state index < -0.39 is 0 Å². The average molecular weight is 402 g/mol. The number of nitrogens with one attached hydrogen (secondary N) is 1. The van der Waals surface area contributed by atoms with Gasteiger partial charge in [-0.2, -0.15) is 0 Å². The Morgan fingerprint density at radius 1 is 1.00 bits per heavy atom. The van der Waals surface area contributed by atoms with Gasteiger partial charge in [0.1, 0.15) is 5.75 Å². The van der Waals surface area contributed by atoms with Crippen LogP contribution in [0.1, 0.15) is 24.5 Å². The third-order valence-electron chi connectivity index (χ3n) is 4.62. The summed E-state index contributed by atoms with van der Waals surface area (Å²) in [7, 11) is 2.01. The summed E-state index contributed by atoms with van der Waals surface area (Å²) in [6.07, 6.45) is 7.88. The van der Waals surface area contributed by atoms with Gasteiger partial charge < -0.3 is 15.0 Å². The first kappa shape index (κ1) is 21.1.